The average Bonchev–Trinajstić information content (AvgIpc) is 2.45. The zero-order valence-electron chi connectivity index (χ0n) is 12.2. The Bertz CT molecular complexity index is 478. The summed E-state index contributed by atoms with van der Waals surface area (Å²) < 4.78 is 6.33. The number of benzene rings is 1. The third-order valence-electron chi connectivity index (χ3n) is 3.74. The first-order valence-corrected chi connectivity index (χ1v) is 7.75. The van der Waals surface area contributed by atoms with Crippen molar-refractivity contribution in [2.45, 2.75) is 31.8 Å². The monoisotopic (exact) mass is 376 g/mol. The van der Waals surface area contributed by atoms with E-state index in [1.165, 1.54) is 0 Å². The largest absolute Gasteiger partial charge is 0.381 e. The molecule has 0 unspecified atom stereocenters. The highest BCUT2D eigenvalue weighted by Gasteiger charge is 2.38. The molecule has 1 aliphatic rings. The van der Waals surface area contributed by atoms with Gasteiger partial charge >= 0.3 is 0 Å². The van der Waals surface area contributed by atoms with Crippen LogP contribution in [0.5, 0.6) is 0 Å². The maximum absolute atomic E-state index is 12.7. The summed E-state index contributed by atoms with van der Waals surface area (Å²) in [5.74, 6) is 0.0308. The quantitative estimate of drug-likeness (QED) is 0.878. The molecule has 1 heterocycles. The highest BCUT2D eigenvalue weighted by molar-refractivity contribution is 9.10. The first-order valence-electron chi connectivity index (χ1n) is 6.95. The van der Waals surface area contributed by atoms with Gasteiger partial charge < -0.3 is 15.4 Å². The average molecular weight is 378 g/mol. The molecule has 1 aliphatic heterocycles. The highest BCUT2D eigenvalue weighted by Crippen LogP contribution is 2.22. The zero-order chi connectivity index (χ0) is 14.6. The van der Waals surface area contributed by atoms with Gasteiger partial charge in [-0.3, -0.25) is 4.79 Å². The van der Waals surface area contributed by atoms with Gasteiger partial charge in [0.25, 0.3) is 0 Å². The topological polar surface area (TPSA) is 55.6 Å². The van der Waals surface area contributed by atoms with Crippen molar-refractivity contribution in [1.82, 2.24) is 4.90 Å². The summed E-state index contributed by atoms with van der Waals surface area (Å²) in [5.41, 5.74) is 6.62. The lowest BCUT2D eigenvalue weighted by Gasteiger charge is -2.36. The van der Waals surface area contributed by atoms with E-state index in [9.17, 15) is 4.79 Å². The van der Waals surface area contributed by atoms with Crippen LogP contribution in [0.4, 0.5) is 0 Å². The molecule has 0 aliphatic carbocycles. The second-order valence-electron chi connectivity index (χ2n) is 5.22. The number of nitrogens with two attached hydrogens (primary N) is 1. The van der Waals surface area contributed by atoms with Gasteiger partial charge in [0.15, 0.2) is 0 Å². The lowest BCUT2D eigenvalue weighted by molar-refractivity contribution is -0.141. The maximum atomic E-state index is 12.7. The van der Waals surface area contributed by atoms with E-state index in [0.717, 1.165) is 10.0 Å². The van der Waals surface area contributed by atoms with Crippen LogP contribution in [0.2, 0.25) is 0 Å². The van der Waals surface area contributed by atoms with Crippen LogP contribution in [0.15, 0.2) is 28.7 Å². The molecule has 2 N–H and O–H groups in total. The first kappa shape index (κ1) is 18.4. The van der Waals surface area contributed by atoms with Gasteiger partial charge in [-0.15, -0.1) is 12.4 Å². The Labute approximate surface area is 140 Å². The third kappa shape index (κ3) is 4.68. The Morgan fingerprint density at radius 3 is 2.67 bits per heavy atom. The van der Waals surface area contributed by atoms with Gasteiger partial charge in [0.05, 0.1) is 5.54 Å². The fraction of sp³-hybridized carbons (Fsp3) is 0.533. The van der Waals surface area contributed by atoms with E-state index in [-0.39, 0.29) is 18.3 Å². The molecule has 0 radical (unpaired) electrons. The second-order valence-corrected chi connectivity index (χ2v) is 6.13. The van der Waals surface area contributed by atoms with Crippen molar-refractivity contribution in [2.24, 2.45) is 5.73 Å². The number of carbonyl (C=O) groups excluding carboxylic acids is 1. The van der Waals surface area contributed by atoms with E-state index >= 15 is 0 Å². The predicted octanol–water partition coefficient (Wildman–Crippen LogP) is 2.73. The van der Waals surface area contributed by atoms with Crippen molar-refractivity contribution in [3.8, 4) is 0 Å². The van der Waals surface area contributed by atoms with Gasteiger partial charge in [-0.2, -0.15) is 0 Å². The van der Waals surface area contributed by atoms with Gasteiger partial charge in [-0.25, -0.2) is 0 Å². The van der Waals surface area contributed by atoms with Crippen molar-refractivity contribution in [2.75, 3.05) is 19.8 Å². The summed E-state index contributed by atoms with van der Waals surface area (Å²) in [6.07, 6.45) is 1.20. The molecular formula is C15H22BrClN2O2. The number of hydrogen-bond acceptors (Lipinski definition) is 3. The number of rotatable bonds is 4. The van der Waals surface area contributed by atoms with Crippen molar-refractivity contribution in [3.05, 3.63) is 34.3 Å². The minimum Gasteiger partial charge on any atom is -0.381 e. The number of hydrogen-bond donors (Lipinski definition) is 1. The summed E-state index contributed by atoms with van der Waals surface area (Å²) >= 11 is 3.45. The maximum Gasteiger partial charge on any atom is 0.243 e. The lowest BCUT2D eigenvalue weighted by atomic mass is 9.89. The molecule has 0 aromatic heterocycles. The van der Waals surface area contributed by atoms with E-state index in [1.807, 2.05) is 36.1 Å². The van der Waals surface area contributed by atoms with Crippen molar-refractivity contribution >= 4 is 34.2 Å². The molecule has 0 atom stereocenters. The molecule has 0 saturated carbocycles. The number of likely N-dealkylation sites (N-methyl/N-ethyl adjacent to an activating group) is 1. The SMILES string of the molecule is CCN(Cc1cccc(Br)c1)C(=O)C1(N)CCOCC1.Cl. The van der Waals surface area contributed by atoms with E-state index < -0.39 is 5.54 Å². The van der Waals surface area contributed by atoms with Crippen molar-refractivity contribution in [1.29, 1.82) is 0 Å². The molecule has 1 amide bonds. The van der Waals surface area contributed by atoms with Crippen LogP contribution in [0.25, 0.3) is 0 Å². The third-order valence-corrected chi connectivity index (χ3v) is 4.24. The van der Waals surface area contributed by atoms with Crippen molar-refractivity contribution in [3.63, 3.8) is 0 Å². The Morgan fingerprint density at radius 1 is 1.43 bits per heavy atom. The fourth-order valence-corrected chi connectivity index (χ4v) is 2.89. The summed E-state index contributed by atoms with van der Waals surface area (Å²) in [4.78, 5) is 14.5. The van der Waals surface area contributed by atoms with Crippen LogP contribution in [0, 0.1) is 0 Å². The van der Waals surface area contributed by atoms with E-state index in [0.29, 0.717) is 39.1 Å². The number of ether oxygens (including phenoxy) is 1. The Hall–Kier alpha value is -0.620. The number of amides is 1. The Morgan fingerprint density at radius 2 is 2.10 bits per heavy atom. The molecule has 0 spiro atoms. The highest BCUT2D eigenvalue weighted by atomic mass is 79.9. The Kier molecular flexibility index (Phi) is 7.13. The van der Waals surface area contributed by atoms with E-state index in [4.69, 9.17) is 10.5 Å². The summed E-state index contributed by atoms with van der Waals surface area (Å²) in [6, 6.07) is 8.01. The molecular weight excluding hydrogens is 356 g/mol. The van der Waals surface area contributed by atoms with Crippen LogP contribution in [-0.2, 0) is 16.1 Å². The second kappa shape index (κ2) is 8.13. The standard InChI is InChI=1S/C15H21BrN2O2.ClH/c1-2-18(11-12-4-3-5-13(16)10-12)14(19)15(17)6-8-20-9-7-15;/h3-5,10H,2,6-9,11,17H2,1H3;1H. The van der Waals surface area contributed by atoms with Crippen LogP contribution in [0.1, 0.15) is 25.3 Å². The van der Waals surface area contributed by atoms with Crippen LogP contribution < -0.4 is 5.73 Å². The lowest BCUT2D eigenvalue weighted by Crippen LogP contribution is -2.57. The van der Waals surface area contributed by atoms with Crippen LogP contribution >= 0.6 is 28.3 Å². The number of halogens is 2. The minimum absolute atomic E-state index is 0. The molecule has 2 rings (SSSR count). The van der Waals surface area contributed by atoms with Crippen LogP contribution in [0.3, 0.4) is 0 Å². The first-order chi connectivity index (χ1) is 9.55. The minimum atomic E-state index is -0.764. The number of nitrogens with zero attached hydrogens (tertiary/aromatic N) is 1. The molecule has 4 nitrogen and oxygen atoms in total. The van der Waals surface area contributed by atoms with E-state index in [1.54, 1.807) is 0 Å². The van der Waals surface area contributed by atoms with Gasteiger partial charge in [0.2, 0.25) is 5.91 Å². The molecule has 1 saturated heterocycles. The molecule has 1 aromatic rings. The van der Waals surface area contributed by atoms with Gasteiger partial charge in [-0.1, -0.05) is 28.1 Å². The van der Waals surface area contributed by atoms with Gasteiger partial charge in [-0.05, 0) is 37.5 Å². The van der Waals surface area contributed by atoms with E-state index in [2.05, 4.69) is 15.9 Å². The number of carbonyl (C=O) groups is 1. The molecule has 6 heteroatoms. The Balaban J connectivity index is 0.00000220. The smallest absolute Gasteiger partial charge is 0.243 e. The molecule has 118 valence electrons. The fourth-order valence-electron chi connectivity index (χ4n) is 2.45. The molecule has 21 heavy (non-hydrogen) atoms. The molecule has 0 bridgehead atoms. The molecule has 1 fully saturated rings. The predicted molar refractivity (Wildman–Crippen MR) is 89.5 cm³/mol. The van der Waals surface area contributed by atoms with Gasteiger partial charge in [0.1, 0.15) is 0 Å². The van der Waals surface area contributed by atoms with Crippen LogP contribution in [-0.4, -0.2) is 36.1 Å². The van der Waals surface area contributed by atoms with Gasteiger partial charge in [0, 0.05) is 30.8 Å². The summed E-state index contributed by atoms with van der Waals surface area (Å²) in [5, 5.41) is 0. The summed E-state index contributed by atoms with van der Waals surface area (Å²) in [6.45, 7) is 4.37. The normalized spacial score (nSPS) is 16.9. The molecule has 1 aromatic carbocycles. The summed E-state index contributed by atoms with van der Waals surface area (Å²) in [7, 11) is 0. The zero-order valence-corrected chi connectivity index (χ0v) is 14.6. The van der Waals surface area contributed by atoms with Crippen molar-refractivity contribution < 1.29 is 9.53 Å².